The van der Waals surface area contributed by atoms with Gasteiger partial charge in [-0.2, -0.15) is 0 Å². The Labute approximate surface area is 111 Å². The van der Waals surface area contributed by atoms with Crippen LogP contribution in [0, 0.1) is 5.92 Å². The number of carbonyl (C=O) groups is 1. The second-order valence-corrected chi connectivity index (χ2v) is 5.25. The summed E-state index contributed by atoms with van der Waals surface area (Å²) in [6.07, 6.45) is 3.86. The van der Waals surface area contributed by atoms with Crippen molar-refractivity contribution in [3.8, 4) is 0 Å². The Morgan fingerprint density at radius 1 is 1.24 bits per heavy atom. The van der Waals surface area contributed by atoms with Crippen molar-refractivity contribution in [2.45, 2.75) is 25.7 Å². The molecule has 1 atom stereocenters. The van der Waals surface area contributed by atoms with Crippen LogP contribution in [0.3, 0.4) is 0 Å². The van der Waals surface area contributed by atoms with Gasteiger partial charge < -0.3 is 5.32 Å². The molecule has 1 N–H and O–H groups in total. The summed E-state index contributed by atoms with van der Waals surface area (Å²) in [5.74, 6) is 0.225. The van der Waals surface area contributed by atoms with Gasteiger partial charge in [0.2, 0.25) is 5.91 Å². The van der Waals surface area contributed by atoms with Gasteiger partial charge in [0.25, 0.3) is 0 Å². The topological polar surface area (TPSA) is 29.1 Å². The number of rotatable bonds is 2. The molecule has 0 saturated carbocycles. The minimum absolute atomic E-state index is 0.0646. The molecule has 0 bridgehead atoms. The summed E-state index contributed by atoms with van der Waals surface area (Å²) in [6, 6.07) is 5.57. The molecule has 4 heteroatoms. The minimum Gasteiger partial charge on any atom is -0.356 e. The molecule has 1 heterocycles. The van der Waals surface area contributed by atoms with Crippen LogP contribution in [-0.2, 0) is 11.2 Å². The lowest BCUT2D eigenvalue weighted by molar-refractivity contribution is -0.124. The van der Waals surface area contributed by atoms with Crippen molar-refractivity contribution in [1.29, 1.82) is 0 Å². The predicted molar refractivity (Wildman–Crippen MR) is 70.5 cm³/mol. The molecule has 0 radical (unpaired) electrons. The molecule has 92 valence electrons. The first-order chi connectivity index (χ1) is 8.16. The largest absolute Gasteiger partial charge is 0.356 e. The Morgan fingerprint density at radius 3 is 2.82 bits per heavy atom. The van der Waals surface area contributed by atoms with Crippen LogP contribution in [0.5, 0.6) is 0 Å². The van der Waals surface area contributed by atoms with Gasteiger partial charge in [-0.15, -0.1) is 0 Å². The average Bonchev–Trinajstić information content (AvgIpc) is 2.50. The molecule has 2 nitrogen and oxygen atoms in total. The summed E-state index contributed by atoms with van der Waals surface area (Å²) in [5, 5.41) is 4.05. The summed E-state index contributed by atoms with van der Waals surface area (Å²) >= 11 is 11.8. The van der Waals surface area contributed by atoms with Crippen molar-refractivity contribution >= 4 is 29.1 Å². The second-order valence-electron chi connectivity index (χ2n) is 4.44. The summed E-state index contributed by atoms with van der Waals surface area (Å²) in [6.45, 7) is 0.802. The van der Waals surface area contributed by atoms with Crippen LogP contribution in [0.4, 0.5) is 0 Å². The van der Waals surface area contributed by atoms with Crippen LogP contribution in [0.25, 0.3) is 0 Å². The highest BCUT2D eigenvalue weighted by molar-refractivity contribution is 6.42. The lowest BCUT2D eigenvalue weighted by atomic mass is 9.94. The highest BCUT2D eigenvalue weighted by Crippen LogP contribution is 2.25. The van der Waals surface area contributed by atoms with Crippen molar-refractivity contribution < 1.29 is 4.79 Å². The third-order valence-electron chi connectivity index (χ3n) is 3.12. The molecule has 1 aromatic carbocycles. The average molecular weight is 272 g/mol. The number of hydrogen-bond acceptors (Lipinski definition) is 1. The smallest absolute Gasteiger partial charge is 0.223 e. The van der Waals surface area contributed by atoms with Gasteiger partial charge >= 0.3 is 0 Å². The Bertz CT molecular complexity index is 420. The molecule has 1 aromatic rings. The van der Waals surface area contributed by atoms with E-state index in [1.54, 1.807) is 6.07 Å². The fourth-order valence-electron chi connectivity index (χ4n) is 2.15. The maximum absolute atomic E-state index is 11.8. The molecule has 1 aliphatic heterocycles. The first-order valence-electron chi connectivity index (χ1n) is 5.88. The van der Waals surface area contributed by atoms with Crippen molar-refractivity contribution in [2.75, 3.05) is 6.54 Å². The van der Waals surface area contributed by atoms with Crippen LogP contribution >= 0.6 is 23.2 Å². The Hall–Kier alpha value is -0.730. The van der Waals surface area contributed by atoms with Gasteiger partial charge in [0.1, 0.15) is 0 Å². The van der Waals surface area contributed by atoms with Crippen molar-refractivity contribution in [3.63, 3.8) is 0 Å². The van der Waals surface area contributed by atoms with Crippen LogP contribution in [0.1, 0.15) is 24.8 Å². The second kappa shape index (κ2) is 5.74. The maximum Gasteiger partial charge on any atom is 0.223 e. The number of benzene rings is 1. The molecule has 1 fully saturated rings. The number of carbonyl (C=O) groups excluding carboxylic acids is 1. The summed E-state index contributed by atoms with van der Waals surface area (Å²) in [5.41, 5.74) is 1.07. The van der Waals surface area contributed by atoms with Crippen LogP contribution < -0.4 is 5.32 Å². The van der Waals surface area contributed by atoms with Crippen molar-refractivity contribution in [3.05, 3.63) is 33.8 Å². The van der Waals surface area contributed by atoms with Crippen molar-refractivity contribution in [2.24, 2.45) is 5.92 Å². The highest BCUT2D eigenvalue weighted by Gasteiger charge is 2.20. The summed E-state index contributed by atoms with van der Waals surface area (Å²) < 4.78 is 0. The van der Waals surface area contributed by atoms with Crippen LogP contribution in [-0.4, -0.2) is 12.5 Å². The van der Waals surface area contributed by atoms with Gasteiger partial charge in [0.15, 0.2) is 0 Å². The van der Waals surface area contributed by atoms with E-state index in [1.165, 1.54) is 0 Å². The Kier molecular flexibility index (Phi) is 4.30. The Balaban J connectivity index is 2.08. The van der Waals surface area contributed by atoms with E-state index in [0.29, 0.717) is 10.0 Å². The lowest BCUT2D eigenvalue weighted by Crippen LogP contribution is -2.30. The van der Waals surface area contributed by atoms with E-state index in [1.807, 2.05) is 12.1 Å². The fraction of sp³-hybridized carbons (Fsp3) is 0.462. The number of nitrogens with one attached hydrogen (secondary N) is 1. The van der Waals surface area contributed by atoms with Gasteiger partial charge in [-0.25, -0.2) is 0 Å². The van der Waals surface area contributed by atoms with E-state index in [-0.39, 0.29) is 11.8 Å². The van der Waals surface area contributed by atoms with Gasteiger partial charge in [-0.1, -0.05) is 35.7 Å². The highest BCUT2D eigenvalue weighted by atomic mass is 35.5. The van der Waals surface area contributed by atoms with Crippen molar-refractivity contribution in [1.82, 2.24) is 5.32 Å². The predicted octanol–water partition coefficient (Wildman–Crippen LogP) is 3.45. The zero-order valence-corrected chi connectivity index (χ0v) is 11.0. The normalized spacial score (nSPS) is 20.8. The van der Waals surface area contributed by atoms with Crippen LogP contribution in [0.15, 0.2) is 18.2 Å². The summed E-state index contributed by atoms with van der Waals surface area (Å²) in [7, 11) is 0. The molecule has 1 saturated heterocycles. The van der Waals surface area contributed by atoms with Gasteiger partial charge in [0.05, 0.1) is 10.0 Å². The molecular weight excluding hydrogens is 257 g/mol. The van der Waals surface area contributed by atoms with Gasteiger partial charge in [-0.05, 0) is 37.0 Å². The molecular formula is C13H15Cl2NO. The van der Waals surface area contributed by atoms with E-state index in [2.05, 4.69) is 5.32 Å². The fourth-order valence-corrected chi connectivity index (χ4v) is 2.47. The first-order valence-corrected chi connectivity index (χ1v) is 6.64. The number of amides is 1. The SMILES string of the molecule is O=C1NCCCCC1Cc1ccc(Cl)c(Cl)c1. The molecule has 1 unspecified atom stereocenters. The molecule has 0 aromatic heterocycles. The van der Waals surface area contributed by atoms with E-state index < -0.39 is 0 Å². The van der Waals surface area contributed by atoms with Crippen LogP contribution in [0.2, 0.25) is 10.0 Å². The molecule has 0 spiro atoms. The third kappa shape index (κ3) is 3.36. The van der Waals surface area contributed by atoms with E-state index in [4.69, 9.17) is 23.2 Å². The van der Waals surface area contributed by atoms with Gasteiger partial charge in [-0.3, -0.25) is 4.79 Å². The monoisotopic (exact) mass is 271 g/mol. The number of halogens is 2. The lowest BCUT2D eigenvalue weighted by Gasteiger charge is -2.13. The molecule has 17 heavy (non-hydrogen) atoms. The third-order valence-corrected chi connectivity index (χ3v) is 3.85. The Morgan fingerprint density at radius 2 is 2.06 bits per heavy atom. The van der Waals surface area contributed by atoms with E-state index in [9.17, 15) is 4.79 Å². The molecule has 1 aliphatic rings. The quantitative estimate of drug-likeness (QED) is 0.877. The first kappa shape index (κ1) is 12.7. The molecule has 1 amide bonds. The molecule has 0 aliphatic carbocycles. The summed E-state index contributed by atoms with van der Waals surface area (Å²) in [4.78, 5) is 11.8. The van der Waals surface area contributed by atoms with Gasteiger partial charge in [0, 0.05) is 12.5 Å². The molecule has 2 rings (SSSR count). The zero-order chi connectivity index (χ0) is 12.3. The standard InChI is InChI=1S/C13H15Cl2NO/c14-11-5-4-9(8-12(11)15)7-10-3-1-2-6-16-13(10)17/h4-5,8,10H,1-3,6-7H2,(H,16,17). The number of hydrogen-bond donors (Lipinski definition) is 1. The minimum atomic E-state index is 0.0646. The van der Waals surface area contributed by atoms with E-state index >= 15 is 0 Å². The maximum atomic E-state index is 11.8. The van der Waals surface area contributed by atoms with E-state index in [0.717, 1.165) is 37.8 Å². The zero-order valence-electron chi connectivity index (χ0n) is 9.51.